The van der Waals surface area contributed by atoms with Gasteiger partial charge < -0.3 is 9.67 Å². The number of nitrogens with zero attached hydrogens (tertiary/aromatic N) is 4. The molecule has 0 amide bonds. The molecule has 1 aliphatic carbocycles. The highest BCUT2D eigenvalue weighted by atomic mass is 16.4. The van der Waals surface area contributed by atoms with Crippen LogP contribution in [0, 0.1) is 6.92 Å². The number of fused-ring (bicyclic) bond motifs is 6. The lowest BCUT2D eigenvalue weighted by atomic mass is 10.0. The van der Waals surface area contributed by atoms with E-state index in [1.807, 2.05) is 31.2 Å². The second-order valence-electron chi connectivity index (χ2n) is 8.26. The van der Waals surface area contributed by atoms with Gasteiger partial charge in [0, 0.05) is 34.8 Å². The molecule has 1 aromatic carbocycles. The zero-order valence-corrected chi connectivity index (χ0v) is 16.5. The van der Waals surface area contributed by atoms with Crippen molar-refractivity contribution in [3.8, 4) is 22.6 Å². The molecule has 1 fully saturated rings. The highest BCUT2D eigenvalue weighted by molar-refractivity contribution is 6.01. The molecule has 6 nitrogen and oxygen atoms in total. The van der Waals surface area contributed by atoms with Crippen LogP contribution in [0.2, 0.25) is 0 Å². The Labute approximate surface area is 173 Å². The number of pyridine rings is 2. The largest absolute Gasteiger partial charge is 0.478 e. The minimum atomic E-state index is -0.940. The lowest BCUT2D eigenvalue weighted by molar-refractivity contribution is 0.0697. The second kappa shape index (κ2) is 6.23. The van der Waals surface area contributed by atoms with E-state index in [0.29, 0.717) is 12.0 Å². The van der Waals surface area contributed by atoms with Gasteiger partial charge in [0.1, 0.15) is 11.5 Å². The number of hydrogen-bond donors (Lipinski definition) is 1. The smallest absolute Gasteiger partial charge is 0.335 e. The number of hydrogen-bond acceptors (Lipinski definition) is 4. The molecule has 0 spiro atoms. The first-order chi connectivity index (χ1) is 14.6. The van der Waals surface area contributed by atoms with Crippen molar-refractivity contribution in [2.75, 3.05) is 0 Å². The second-order valence-corrected chi connectivity index (χ2v) is 8.26. The summed E-state index contributed by atoms with van der Waals surface area (Å²) in [6.07, 6.45) is 5.27. The Balaban J connectivity index is 1.68. The third-order valence-electron chi connectivity index (χ3n) is 6.45. The molecule has 6 rings (SSSR count). The van der Waals surface area contributed by atoms with E-state index < -0.39 is 5.97 Å². The summed E-state index contributed by atoms with van der Waals surface area (Å²) in [5, 5.41) is 10.4. The molecule has 2 atom stereocenters. The predicted octanol–water partition coefficient (Wildman–Crippen LogP) is 4.99. The van der Waals surface area contributed by atoms with Gasteiger partial charge in [-0.25, -0.2) is 9.78 Å². The number of aromatic nitrogens is 4. The van der Waals surface area contributed by atoms with Crippen molar-refractivity contribution in [2.45, 2.75) is 38.1 Å². The van der Waals surface area contributed by atoms with E-state index in [1.54, 1.807) is 24.4 Å². The number of carboxylic acid groups (broad SMARTS) is 1. The van der Waals surface area contributed by atoms with Gasteiger partial charge in [-0.3, -0.25) is 9.97 Å². The molecular weight excluding hydrogens is 376 g/mol. The molecular formula is C24H20N4O2. The molecule has 148 valence electrons. The maximum Gasteiger partial charge on any atom is 0.335 e. The first kappa shape index (κ1) is 17.3. The van der Waals surface area contributed by atoms with Crippen LogP contribution in [0.3, 0.4) is 0 Å². The molecule has 3 aromatic heterocycles. The SMILES string of the molecule is Cc1cccc(-c2nc3n(c2-c2ccnc4ccc(C(=O)O)cc24)C2CCC3C2)n1. The Bertz CT molecular complexity index is 1340. The average molecular weight is 396 g/mol. The van der Waals surface area contributed by atoms with E-state index >= 15 is 0 Å². The molecule has 30 heavy (non-hydrogen) atoms. The number of aryl methyl sites for hydroxylation is 1. The first-order valence-electron chi connectivity index (χ1n) is 10.3. The fraction of sp³-hybridized carbons (Fsp3) is 0.250. The van der Waals surface area contributed by atoms with Crippen molar-refractivity contribution in [3.63, 3.8) is 0 Å². The van der Waals surface area contributed by atoms with E-state index in [2.05, 4.69) is 9.55 Å². The van der Waals surface area contributed by atoms with Gasteiger partial charge in [-0.1, -0.05) is 6.07 Å². The van der Waals surface area contributed by atoms with Gasteiger partial charge in [-0.2, -0.15) is 0 Å². The van der Waals surface area contributed by atoms with Crippen LogP contribution in [0.4, 0.5) is 0 Å². The van der Waals surface area contributed by atoms with Crippen LogP contribution in [-0.4, -0.2) is 30.6 Å². The minimum Gasteiger partial charge on any atom is -0.478 e. The highest BCUT2D eigenvalue weighted by Gasteiger charge is 2.41. The Kier molecular flexibility index (Phi) is 3.60. The highest BCUT2D eigenvalue weighted by Crippen LogP contribution is 2.52. The number of benzene rings is 1. The van der Waals surface area contributed by atoms with Crippen molar-refractivity contribution >= 4 is 16.9 Å². The summed E-state index contributed by atoms with van der Waals surface area (Å²) < 4.78 is 2.38. The molecule has 2 unspecified atom stereocenters. The molecule has 0 saturated heterocycles. The van der Waals surface area contributed by atoms with Crippen molar-refractivity contribution in [1.29, 1.82) is 0 Å². The van der Waals surface area contributed by atoms with Crippen LogP contribution in [-0.2, 0) is 0 Å². The molecule has 2 aliphatic rings. The normalized spacial score (nSPS) is 19.4. The number of carboxylic acids is 1. The van der Waals surface area contributed by atoms with Gasteiger partial charge >= 0.3 is 5.97 Å². The van der Waals surface area contributed by atoms with E-state index in [4.69, 9.17) is 9.97 Å². The fourth-order valence-corrected chi connectivity index (χ4v) is 5.13. The monoisotopic (exact) mass is 396 g/mol. The molecule has 4 heterocycles. The fourth-order valence-electron chi connectivity index (χ4n) is 5.13. The summed E-state index contributed by atoms with van der Waals surface area (Å²) in [7, 11) is 0. The number of aromatic carboxylic acids is 1. The zero-order valence-electron chi connectivity index (χ0n) is 16.5. The lowest BCUT2D eigenvalue weighted by Crippen LogP contribution is -2.08. The summed E-state index contributed by atoms with van der Waals surface area (Å²) in [6, 6.07) is 13.5. The number of imidazole rings is 1. The molecule has 0 radical (unpaired) electrons. The van der Waals surface area contributed by atoms with Crippen LogP contribution < -0.4 is 0 Å². The number of carbonyl (C=O) groups is 1. The zero-order chi connectivity index (χ0) is 20.4. The standard InChI is InChI=1S/C24H20N4O2/c1-13-3-2-4-20(26-13)21-22(28-16-7-5-14(11-16)23(28)27-21)17-9-10-25-19-8-6-15(24(29)30)12-18(17)19/h2-4,6,8-10,12,14,16H,5,7,11H2,1H3,(H,29,30). The van der Waals surface area contributed by atoms with Gasteiger partial charge in [0.2, 0.25) is 0 Å². The van der Waals surface area contributed by atoms with Crippen molar-refractivity contribution in [1.82, 2.24) is 19.5 Å². The molecule has 1 saturated carbocycles. The van der Waals surface area contributed by atoms with E-state index in [0.717, 1.165) is 57.9 Å². The molecule has 6 heteroatoms. The Morgan fingerprint density at radius 3 is 2.87 bits per heavy atom. The van der Waals surface area contributed by atoms with Crippen molar-refractivity contribution < 1.29 is 9.90 Å². The Morgan fingerprint density at radius 2 is 2.03 bits per heavy atom. The van der Waals surface area contributed by atoms with Crippen molar-refractivity contribution in [2.24, 2.45) is 0 Å². The maximum atomic E-state index is 11.6. The predicted molar refractivity (Wildman–Crippen MR) is 114 cm³/mol. The Hall–Kier alpha value is -3.54. The van der Waals surface area contributed by atoms with E-state index in [9.17, 15) is 9.90 Å². The van der Waals surface area contributed by atoms with Crippen LogP contribution in [0.25, 0.3) is 33.5 Å². The van der Waals surface area contributed by atoms with E-state index in [-0.39, 0.29) is 5.56 Å². The average Bonchev–Trinajstić information content (AvgIpc) is 3.45. The lowest BCUT2D eigenvalue weighted by Gasteiger charge is -2.18. The summed E-state index contributed by atoms with van der Waals surface area (Å²) in [5.41, 5.74) is 5.71. The van der Waals surface area contributed by atoms with Gasteiger partial charge in [0.15, 0.2) is 0 Å². The van der Waals surface area contributed by atoms with Gasteiger partial charge in [0.05, 0.1) is 22.5 Å². The van der Waals surface area contributed by atoms with Crippen LogP contribution in [0.5, 0.6) is 0 Å². The van der Waals surface area contributed by atoms with Gasteiger partial charge in [0.25, 0.3) is 0 Å². The van der Waals surface area contributed by atoms with Crippen molar-refractivity contribution in [3.05, 3.63) is 65.7 Å². The van der Waals surface area contributed by atoms with Gasteiger partial charge in [-0.15, -0.1) is 0 Å². The topological polar surface area (TPSA) is 80.9 Å². The molecule has 1 aliphatic heterocycles. The van der Waals surface area contributed by atoms with Crippen LogP contribution in [0.1, 0.15) is 53.1 Å². The van der Waals surface area contributed by atoms with Gasteiger partial charge in [-0.05, 0) is 62.6 Å². The number of rotatable bonds is 3. The summed E-state index contributed by atoms with van der Waals surface area (Å²) in [5.74, 6) is 0.693. The maximum absolute atomic E-state index is 11.6. The molecule has 1 N–H and O–H groups in total. The molecule has 4 aromatic rings. The summed E-state index contributed by atoms with van der Waals surface area (Å²) >= 11 is 0. The van der Waals surface area contributed by atoms with Crippen LogP contribution in [0.15, 0.2) is 48.7 Å². The van der Waals surface area contributed by atoms with Crippen LogP contribution >= 0.6 is 0 Å². The Morgan fingerprint density at radius 1 is 1.13 bits per heavy atom. The summed E-state index contributed by atoms with van der Waals surface area (Å²) in [4.78, 5) is 25.9. The quantitative estimate of drug-likeness (QED) is 0.528. The third-order valence-corrected chi connectivity index (χ3v) is 6.45. The minimum absolute atomic E-state index is 0.259. The first-order valence-corrected chi connectivity index (χ1v) is 10.3. The third kappa shape index (κ3) is 2.43. The van der Waals surface area contributed by atoms with E-state index in [1.165, 1.54) is 6.42 Å². The summed E-state index contributed by atoms with van der Waals surface area (Å²) in [6.45, 7) is 1.98. The molecule has 2 bridgehead atoms.